The molecular formula is C13H26N2O3. The van der Waals surface area contributed by atoms with Crippen LogP contribution >= 0.6 is 0 Å². The summed E-state index contributed by atoms with van der Waals surface area (Å²) in [4.78, 5) is 13.4. The van der Waals surface area contributed by atoms with Crippen LogP contribution in [-0.2, 0) is 4.74 Å². The number of piperidine rings is 1. The van der Waals surface area contributed by atoms with Gasteiger partial charge in [0.25, 0.3) is 0 Å². The zero-order chi connectivity index (χ0) is 13.4. The van der Waals surface area contributed by atoms with Gasteiger partial charge in [0, 0.05) is 32.8 Å². The molecule has 1 rings (SSSR count). The third-order valence-electron chi connectivity index (χ3n) is 2.88. The number of carbonyl (C=O) groups is 1. The van der Waals surface area contributed by atoms with Crippen molar-refractivity contribution in [2.45, 2.75) is 39.2 Å². The van der Waals surface area contributed by atoms with Gasteiger partial charge in [0.2, 0.25) is 0 Å². The number of nitrogens with one attached hydrogen (secondary N) is 1. The van der Waals surface area contributed by atoms with Crippen molar-refractivity contribution >= 4 is 6.03 Å². The summed E-state index contributed by atoms with van der Waals surface area (Å²) in [5, 5.41) is 12.3. The molecule has 1 aliphatic heterocycles. The predicted molar refractivity (Wildman–Crippen MR) is 70.5 cm³/mol. The first kappa shape index (κ1) is 15.2. The molecule has 2 amide bonds. The number of amides is 2. The highest BCUT2D eigenvalue weighted by Crippen LogP contribution is 2.09. The molecule has 0 aromatic rings. The summed E-state index contributed by atoms with van der Waals surface area (Å²) in [6, 6.07) is -0.0717. The number of hydrogen-bond acceptors (Lipinski definition) is 3. The van der Waals surface area contributed by atoms with E-state index in [0.29, 0.717) is 25.6 Å². The molecule has 0 saturated carbocycles. The lowest BCUT2D eigenvalue weighted by molar-refractivity contribution is 0.0832. The Morgan fingerprint density at radius 2 is 2.33 bits per heavy atom. The van der Waals surface area contributed by atoms with Crippen LogP contribution in [0.25, 0.3) is 0 Å². The molecular weight excluding hydrogens is 232 g/mol. The maximum absolute atomic E-state index is 11.7. The second-order valence-corrected chi connectivity index (χ2v) is 5.30. The molecule has 1 heterocycles. The van der Waals surface area contributed by atoms with Gasteiger partial charge in [0.15, 0.2) is 0 Å². The van der Waals surface area contributed by atoms with Gasteiger partial charge in [-0.1, -0.05) is 13.8 Å². The minimum Gasteiger partial charge on any atom is -0.391 e. The van der Waals surface area contributed by atoms with E-state index < -0.39 is 0 Å². The Morgan fingerprint density at radius 3 is 3.00 bits per heavy atom. The molecule has 0 spiro atoms. The van der Waals surface area contributed by atoms with E-state index in [0.717, 1.165) is 32.4 Å². The Morgan fingerprint density at radius 1 is 1.56 bits per heavy atom. The quantitative estimate of drug-likeness (QED) is 0.704. The molecule has 18 heavy (non-hydrogen) atoms. The minimum atomic E-state index is -0.362. The summed E-state index contributed by atoms with van der Waals surface area (Å²) in [7, 11) is 0. The number of aliphatic hydroxyl groups excluding tert-OH is 1. The highest BCUT2D eigenvalue weighted by molar-refractivity contribution is 5.74. The summed E-state index contributed by atoms with van der Waals surface area (Å²) in [6.07, 6.45) is 2.15. The Bertz CT molecular complexity index is 246. The first-order valence-corrected chi connectivity index (χ1v) is 6.88. The fraction of sp³-hybridized carbons (Fsp3) is 0.923. The zero-order valence-electron chi connectivity index (χ0n) is 11.5. The molecule has 1 unspecified atom stereocenters. The third-order valence-corrected chi connectivity index (χ3v) is 2.88. The average molecular weight is 258 g/mol. The number of likely N-dealkylation sites (tertiary alicyclic amines) is 1. The van der Waals surface area contributed by atoms with Crippen molar-refractivity contribution in [2.75, 3.05) is 32.8 Å². The van der Waals surface area contributed by atoms with E-state index in [1.165, 1.54) is 0 Å². The Labute approximate surface area is 109 Å². The molecule has 0 bridgehead atoms. The van der Waals surface area contributed by atoms with Gasteiger partial charge in [0.1, 0.15) is 0 Å². The monoisotopic (exact) mass is 258 g/mol. The van der Waals surface area contributed by atoms with Crippen LogP contribution in [0.5, 0.6) is 0 Å². The van der Waals surface area contributed by atoms with Crippen molar-refractivity contribution in [1.29, 1.82) is 0 Å². The van der Waals surface area contributed by atoms with Crippen molar-refractivity contribution in [3.05, 3.63) is 0 Å². The maximum atomic E-state index is 11.7. The van der Waals surface area contributed by atoms with Crippen molar-refractivity contribution in [3.8, 4) is 0 Å². The number of rotatable bonds is 6. The molecule has 0 radical (unpaired) electrons. The van der Waals surface area contributed by atoms with Gasteiger partial charge in [-0.25, -0.2) is 4.79 Å². The molecule has 1 fully saturated rings. The molecule has 0 aromatic heterocycles. The molecule has 5 nitrogen and oxygen atoms in total. The molecule has 0 aromatic carbocycles. The second kappa shape index (κ2) is 8.32. The molecule has 1 aliphatic rings. The van der Waals surface area contributed by atoms with Gasteiger partial charge in [-0.15, -0.1) is 0 Å². The number of urea groups is 1. The van der Waals surface area contributed by atoms with Gasteiger partial charge in [0.05, 0.1) is 6.10 Å². The van der Waals surface area contributed by atoms with E-state index in [1.54, 1.807) is 4.90 Å². The van der Waals surface area contributed by atoms with Crippen LogP contribution in [0.3, 0.4) is 0 Å². The SMILES string of the molecule is CC(C)COCCCNC(=O)N1CCCC(O)C1. The molecule has 1 saturated heterocycles. The van der Waals surface area contributed by atoms with Crippen LogP contribution in [0.2, 0.25) is 0 Å². The summed E-state index contributed by atoms with van der Waals surface area (Å²) < 4.78 is 5.43. The summed E-state index contributed by atoms with van der Waals surface area (Å²) in [5.41, 5.74) is 0. The lowest BCUT2D eigenvalue weighted by atomic mass is 10.1. The molecule has 0 aliphatic carbocycles. The van der Waals surface area contributed by atoms with E-state index in [9.17, 15) is 9.90 Å². The Hall–Kier alpha value is -0.810. The number of ether oxygens (including phenoxy) is 1. The Kier molecular flexibility index (Phi) is 7.05. The largest absolute Gasteiger partial charge is 0.391 e. The standard InChI is InChI=1S/C13H26N2O3/c1-11(2)10-18-8-4-6-14-13(17)15-7-3-5-12(16)9-15/h11-12,16H,3-10H2,1-2H3,(H,14,17). The highest BCUT2D eigenvalue weighted by atomic mass is 16.5. The van der Waals surface area contributed by atoms with Crippen LogP contribution in [0.15, 0.2) is 0 Å². The number of aliphatic hydroxyl groups is 1. The normalized spacial score (nSPS) is 20.2. The maximum Gasteiger partial charge on any atom is 0.317 e. The lowest BCUT2D eigenvalue weighted by Gasteiger charge is -2.30. The fourth-order valence-corrected chi connectivity index (χ4v) is 1.94. The van der Waals surface area contributed by atoms with Gasteiger partial charge in [-0.05, 0) is 25.2 Å². The van der Waals surface area contributed by atoms with Crippen molar-refractivity contribution in [3.63, 3.8) is 0 Å². The fourth-order valence-electron chi connectivity index (χ4n) is 1.94. The number of nitrogens with zero attached hydrogens (tertiary/aromatic N) is 1. The van der Waals surface area contributed by atoms with E-state index in [4.69, 9.17) is 4.74 Å². The molecule has 106 valence electrons. The van der Waals surface area contributed by atoms with Crippen molar-refractivity contribution in [1.82, 2.24) is 10.2 Å². The van der Waals surface area contributed by atoms with Gasteiger partial charge in [-0.2, -0.15) is 0 Å². The number of β-amino-alcohol motifs (C(OH)–C–C–N with tert-alkyl or cyclic N) is 1. The smallest absolute Gasteiger partial charge is 0.317 e. The minimum absolute atomic E-state index is 0.0717. The molecule has 5 heteroatoms. The highest BCUT2D eigenvalue weighted by Gasteiger charge is 2.21. The van der Waals surface area contributed by atoms with Gasteiger partial charge >= 0.3 is 6.03 Å². The van der Waals surface area contributed by atoms with Crippen LogP contribution in [0.1, 0.15) is 33.1 Å². The summed E-state index contributed by atoms with van der Waals surface area (Å²) in [6.45, 7) is 7.51. The van der Waals surface area contributed by atoms with Crippen molar-refractivity contribution < 1.29 is 14.6 Å². The first-order valence-electron chi connectivity index (χ1n) is 6.88. The summed E-state index contributed by atoms with van der Waals surface area (Å²) in [5.74, 6) is 0.550. The predicted octanol–water partition coefficient (Wildman–Crippen LogP) is 1.22. The molecule has 1 atom stereocenters. The number of carbonyl (C=O) groups excluding carboxylic acids is 1. The first-order chi connectivity index (χ1) is 8.59. The Balaban J connectivity index is 2.02. The van der Waals surface area contributed by atoms with Crippen LogP contribution in [0, 0.1) is 5.92 Å². The second-order valence-electron chi connectivity index (χ2n) is 5.30. The average Bonchev–Trinajstić information content (AvgIpc) is 2.33. The van der Waals surface area contributed by atoms with Crippen LogP contribution in [-0.4, -0.2) is 55.0 Å². The van der Waals surface area contributed by atoms with E-state index >= 15 is 0 Å². The lowest BCUT2D eigenvalue weighted by Crippen LogP contribution is -2.47. The van der Waals surface area contributed by atoms with Crippen LogP contribution < -0.4 is 5.32 Å². The van der Waals surface area contributed by atoms with Crippen molar-refractivity contribution in [2.24, 2.45) is 5.92 Å². The van der Waals surface area contributed by atoms with Crippen LogP contribution in [0.4, 0.5) is 4.79 Å². The zero-order valence-corrected chi connectivity index (χ0v) is 11.5. The van der Waals surface area contributed by atoms with E-state index in [1.807, 2.05) is 0 Å². The van der Waals surface area contributed by atoms with Gasteiger partial charge in [-0.3, -0.25) is 0 Å². The van der Waals surface area contributed by atoms with E-state index in [2.05, 4.69) is 19.2 Å². The number of hydrogen-bond donors (Lipinski definition) is 2. The van der Waals surface area contributed by atoms with Gasteiger partial charge < -0.3 is 20.1 Å². The van der Waals surface area contributed by atoms with E-state index in [-0.39, 0.29) is 12.1 Å². The third kappa shape index (κ3) is 6.21. The topological polar surface area (TPSA) is 61.8 Å². The summed E-state index contributed by atoms with van der Waals surface area (Å²) >= 11 is 0. The molecule has 2 N–H and O–H groups in total.